The first-order chi connectivity index (χ1) is 9.15. The molecule has 1 N–H and O–H groups in total. The molecule has 2 aliphatic heterocycles. The molecule has 0 saturated carbocycles. The number of morpholine rings is 1. The number of nitrogens with one attached hydrogen (secondary N) is 1. The number of carbonyl (C=O) groups is 1. The Morgan fingerprint density at radius 1 is 1.53 bits per heavy atom. The first-order valence-corrected chi connectivity index (χ1v) is 7.35. The molecule has 1 amide bonds. The van der Waals surface area contributed by atoms with Gasteiger partial charge < -0.3 is 19.7 Å². The fourth-order valence-corrected chi connectivity index (χ4v) is 2.51. The van der Waals surface area contributed by atoms with E-state index in [4.69, 9.17) is 9.47 Å². The van der Waals surface area contributed by atoms with Crippen LogP contribution in [0.2, 0.25) is 0 Å². The van der Waals surface area contributed by atoms with Gasteiger partial charge in [-0.05, 0) is 12.3 Å². The zero-order chi connectivity index (χ0) is 13.7. The summed E-state index contributed by atoms with van der Waals surface area (Å²) in [5.74, 6) is 0.770. The molecule has 2 heterocycles. The molecule has 19 heavy (non-hydrogen) atoms. The average molecular weight is 270 g/mol. The van der Waals surface area contributed by atoms with Gasteiger partial charge in [0.15, 0.2) is 0 Å². The van der Waals surface area contributed by atoms with Gasteiger partial charge >= 0.3 is 0 Å². The molecule has 110 valence electrons. The second-order valence-corrected chi connectivity index (χ2v) is 5.91. The van der Waals surface area contributed by atoms with Gasteiger partial charge in [0.2, 0.25) is 5.91 Å². The molecule has 2 rings (SSSR count). The van der Waals surface area contributed by atoms with Crippen molar-refractivity contribution in [1.29, 1.82) is 0 Å². The average Bonchev–Trinajstić information content (AvgIpc) is 2.86. The topological polar surface area (TPSA) is 50.8 Å². The van der Waals surface area contributed by atoms with Crippen LogP contribution in [0, 0.1) is 5.92 Å². The van der Waals surface area contributed by atoms with Crippen LogP contribution in [-0.4, -0.2) is 62.4 Å². The maximum absolute atomic E-state index is 12.2. The van der Waals surface area contributed by atoms with Gasteiger partial charge in [0.1, 0.15) is 0 Å². The molecule has 0 radical (unpaired) electrons. The number of likely N-dealkylation sites (tertiary alicyclic amines) is 1. The summed E-state index contributed by atoms with van der Waals surface area (Å²) in [5, 5.41) is 3.32. The maximum atomic E-state index is 12.2. The predicted octanol–water partition coefficient (Wildman–Crippen LogP) is 0.638. The Morgan fingerprint density at radius 3 is 3.05 bits per heavy atom. The molecule has 0 aromatic carbocycles. The van der Waals surface area contributed by atoms with Crippen LogP contribution in [0.15, 0.2) is 0 Å². The van der Waals surface area contributed by atoms with Gasteiger partial charge in [0.25, 0.3) is 0 Å². The van der Waals surface area contributed by atoms with E-state index >= 15 is 0 Å². The third-order valence-corrected chi connectivity index (χ3v) is 3.58. The van der Waals surface area contributed by atoms with Crippen LogP contribution < -0.4 is 5.32 Å². The Labute approximate surface area is 115 Å². The van der Waals surface area contributed by atoms with Gasteiger partial charge in [-0.15, -0.1) is 0 Å². The number of carbonyl (C=O) groups excluding carboxylic acids is 1. The Kier molecular flexibility index (Phi) is 5.60. The number of hydrogen-bond acceptors (Lipinski definition) is 4. The highest BCUT2D eigenvalue weighted by molar-refractivity contribution is 5.77. The summed E-state index contributed by atoms with van der Waals surface area (Å²) in [6, 6.07) is 0.178. The Bertz CT molecular complexity index is 290. The number of amides is 1. The van der Waals surface area contributed by atoms with Crippen LogP contribution in [0.5, 0.6) is 0 Å². The molecule has 5 heteroatoms. The van der Waals surface area contributed by atoms with Gasteiger partial charge in [-0.1, -0.05) is 13.8 Å². The summed E-state index contributed by atoms with van der Waals surface area (Å²) >= 11 is 0. The largest absolute Gasteiger partial charge is 0.378 e. The van der Waals surface area contributed by atoms with Crippen LogP contribution in [0.1, 0.15) is 26.7 Å². The Balaban J connectivity index is 1.69. The molecule has 2 unspecified atom stereocenters. The van der Waals surface area contributed by atoms with E-state index in [0.717, 1.165) is 39.3 Å². The van der Waals surface area contributed by atoms with Crippen molar-refractivity contribution in [2.24, 2.45) is 5.92 Å². The SMILES string of the molecule is CC(C)COC1CCN(C(=O)CC2COCCN2)C1. The summed E-state index contributed by atoms with van der Waals surface area (Å²) < 4.78 is 11.2. The molecule has 0 spiro atoms. The van der Waals surface area contributed by atoms with Gasteiger partial charge in [-0.2, -0.15) is 0 Å². The lowest BCUT2D eigenvalue weighted by Gasteiger charge is -2.25. The number of ether oxygens (including phenoxy) is 2. The van der Waals surface area contributed by atoms with E-state index in [9.17, 15) is 4.79 Å². The monoisotopic (exact) mass is 270 g/mol. The molecule has 0 aromatic heterocycles. The fraction of sp³-hybridized carbons (Fsp3) is 0.929. The van der Waals surface area contributed by atoms with Crippen LogP contribution in [-0.2, 0) is 14.3 Å². The Morgan fingerprint density at radius 2 is 2.37 bits per heavy atom. The van der Waals surface area contributed by atoms with Crippen LogP contribution >= 0.6 is 0 Å². The molecule has 2 fully saturated rings. The second-order valence-electron chi connectivity index (χ2n) is 5.91. The highest BCUT2D eigenvalue weighted by Crippen LogP contribution is 2.15. The van der Waals surface area contributed by atoms with E-state index < -0.39 is 0 Å². The first kappa shape index (κ1) is 14.8. The minimum absolute atomic E-state index is 0.178. The summed E-state index contributed by atoms with van der Waals surface area (Å²) in [4.78, 5) is 14.1. The van der Waals surface area contributed by atoms with Crippen molar-refractivity contribution in [3.63, 3.8) is 0 Å². The van der Waals surface area contributed by atoms with E-state index in [2.05, 4.69) is 19.2 Å². The lowest BCUT2D eigenvalue weighted by molar-refractivity contribution is -0.132. The standard InChI is InChI=1S/C14H26N2O3/c1-11(2)9-19-13-3-5-16(8-13)14(17)7-12-10-18-6-4-15-12/h11-13,15H,3-10H2,1-2H3. The summed E-state index contributed by atoms with van der Waals surface area (Å²) in [6.07, 6.45) is 1.73. The zero-order valence-electron chi connectivity index (χ0n) is 12.1. The minimum Gasteiger partial charge on any atom is -0.378 e. The van der Waals surface area contributed by atoms with Crippen molar-refractivity contribution in [3.05, 3.63) is 0 Å². The summed E-state index contributed by atoms with van der Waals surface area (Å²) in [6.45, 7) is 8.89. The molecule has 2 aliphatic rings. The fourth-order valence-electron chi connectivity index (χ4n) is 2.51. The molecule has 2 saturated heterocycles. The van der Waals surface area contributed by atoms with Gasteiger partial charge in [0.05, 0.1) is 19.3 Å². The van der Waals surface area contributed by atoms with Crippen molar-refractivity contribution in [1.82, 2.24) is 10.2 Å². The molecular weight excluding hydrogens is 244 g/mol. The van der Waals surface area contributed by atoms with Crippen molar-refractivity contribution in [2.45, 2.75) is 38.8 Å². The van der Waals surface area contributed by atoms with Crippen LogP contribution in [0.4, 0.5) is 0 Å². The highest BCUT2D eigenvalue weighted by atomic mass is 16.5. The summed E-state index contributed by atoms with van der Waals surface area (Å²) in [5.41, 5.74) is 0. The molecule has 2 atom stereocenters. The third-order valence-electron chi connectivity index (χ3n) is 3.58. The molecular formula is C14H26N2O3. The first-order valence-electron chi connectivity index (χ1n) is 7.35. The molecule has 0 aromatic rings. The van der Waals surface area contributed by atoms with Crippen molar-refractivity contribution >= 4 is 5.91 Å². The maximum Gasteiger partial charge on any atom is 0.224 e. The van der Waals surface area contributed by atoms with E-state index in [1.807, 2.05) is 4.90 Å². The van der Waals surface area contributed by atoms with Gasteiger partial charge in [0, 0.05) is 38.7 Å². The second kappa shape index (κ2) is 7.22. The van der Waals surface area contributed by atoms with E-state index in [1.165, 1.54) is 0 Å². The van der Waals surface area contributed by atoms with Gasteiger partial charge in [-0.25, -0.2) is 0 Å². The van der Waals surface area contributed by atoms with E-state index in [-0.39, 0.29) is 18.1 Å². The summed E-state index contributed by atoms with van der Waals surface area (Å²) in [7, 11) is 0. The predicted molar refractivity (Wildman–Crippen MR) is 73.0 cm³/mol. The van der Waals surface area contributed by atoms with Crippen LogP contribution in [0.25, 0.3) is 0 Å². The van der Waals surface area contributed by atoms with Gasteiger partial charge in [-0.3, -0.25) is 4.79 Å². The zero-order valence-corrected chi connectivity index (χ0v) is 12.1. The number of rotatable bonds is 5. The van der Waals surface area contributed by atoms with Crippen LogP contribution in [0.3, 0.4) is 0 Å². The quantitative estimate of drug-likeness (QED) is 0.796. The number of hydrogen-bond donors (Lipinski definition) is 1. The van der Waals surface area contributed by atoms with E-state index in [1.54, 1.807) is 0 Å². The third kappa shape index (κ3) is 4.75. The van der Waals surface area contributed by atoms with Crippen molar-refractivity contribution in [2.75, 3.05) is 39.5 Å². The van der Waals surface area contributed by atoms with Crippen molar-refractivity contribution in [3.8, 4) is 0 Å². The van der Waals surface area contributed by atoms with E-state index in [0.29, 0.717) is 18.9 Å². The molecule has 0 aliphatic carbocycles. The Hall–Kier alpha value is -0.650. The lowest BCUT2D eigenvalue weighted by Crippen LogP contribution is -2.45. The highest BCUT2D eigenvalue weighted by Gasteiger charge is 2.28. The number of nitrogens with zero attached hydrogens (tertiary/aromatic N) is 1. The normalized spacial score (nSPS) is 28.1. The lowest BCUT2D eigenvalue weighted by atomic mass is 10.2. The molecule has 0 bridgehead atoms. The minimum atomic E-state index is 0.178. The van der Waals surface area contributed by atoms with Crippen molar-refractivity contribution < 1.29 is 14.3 Å². The molecule has 5 nitrogen and oxygen atoms in total. The smallest absolute Gasteiger partial charge is 0.224 e.